The van der Waals surface area contributed by atoms with Gasteiger partial charge in [0.15, 0.2) is 11.6 Å². The van der Waals surface area contributed by atoms with Gasteiger partial charge in [-0.1, -0.05) is 23.3 Å². The Morgan fingerprint density at radius 2 is 2.33 bits per heavy atom. The number of rotatable bonds is 1. The Labute approximate surface area is 93.4 Å². The molecular weight excluding hydrogens is 215 g/mol. The first-order valence-corrected chi connectivity index (χ1v) is 5.26. The summed E-state index contributed by atoms with van der Waals surface area (Å²) in [5.74, 6) is 0.0404. The van der Waals surface area contributed by atoms with Gasteiger partial charge in [0.25, 0.3) is 0 Å². The first-order chi connectivity index (χ1) is 7.16. The molecule has 0 aliphatic carbocycles. The maximum Gasteiger partial charge on any atom is 0.167 e. The van der Waals surface area contributed by atoms with E-state index in [1.165, 1.54) is 17.8 Å². The average molecular weight is 227 g/mol. The molecule has 0 unspecified atom stereocenters. The molecule has 0 saturated heterocycles. The standard InChI is InChI=1S/C11H12ClFN2/c1-8-2-4-15(5-3-8)11-10(13)6-9(12)7-14-11/h2,6-7H,3-5H2,1H3. The lowest BCUT2D eigenvalue weighted by Gasteiger charge is -2.26. The molecule has 2 rings (SSSR count). The molecule has 1 aliphatic rings. The first kappa shape index (κ1) is 10.4. The van der Waals surface area contributed by atoms with Crippen molar-refractivity contribution in [1.82, 2.24) is 4.98 Å². The van der Waals surface area contributed by atoms with Gasteiger partial charge in [-0.25, -0.2) is 9.37 Å². The van der Waals surface area contributed by atoms with Gasteiger partial charge in [-0.2, -0.15) is 0 Å². The van der Waals surface area contributed by atoms with Crippen molar-refractivity contribution in [1.29, 1.82) is 0 Å². The highest BCUT2D eigenvalue weighted by molar-refractivity contribution is 6.30. The van der Waals surface area contributed by atoms with Crippen LogP contribution in [0.1, 0.15) is 13.3 Å². The third-order valence-electron chi connectivity index (χ3n) is 2.52. The molecule has 0 saturated carbocycles. The number of hydrogen-bond acceptors (Lipinski definition) is 2. The zero-order chi connectivity index (χ0) is 10.8. The normalized spacial score (nSPS) is 16.5. The SMILES string of the molecule is CC1=CCN(c2ncc(Cl)cc2F)CC1. The molecule has 80 valence electrons. The molecule has 1 aromatic rings. The molecule has 0 radical (unpaired) electrons. The van der Waals surface area contributed by atoms with Gasteiger partial charge in [0, 0.05) is 19.3 Å². The number of halogens is 2. The fourth-order valence-corrected chi connectivity index (χ4v) is 1.75. The molecule has 4 heteroatoms. The van der Waals surface area contributed by atoms with E-state index >= 15 is 0 Å². The van der Waals surface area contributed by atoms with Crippen LogP contribution in [0.2, 0.25) is 5.02 Å². The molecule has 1 aromatic heterocycles. The minimum Gasteiger partial charge on any atom is -0.350 e. The zero-order valence-corrected chi connectivity index (χ0v) is 9.26. The Morgan fingerprint density at radius 3 is 2.93 bits per heavy atom. The van der Waals surface area contributed by atoms with Crippen molar-refractivity contribution in [3.63, 3.8) is 0 Å². The van der Waals surface area contributed by atoms with Crippen molar-refractivity contribution < 1.29 is 4.39 Å². The largest absolute Gasteiger partial charge is 0.350 e. The van der Waals surface area contributed by atoms with Crippen molar-refractivity contribution in [2.75, 3.05) is 18.0 Å². The second-order valence-corrected chi connectivity index (χ2v) is 4.14. The Balaban J connectivity index is 2.23. The van der Waals surface area contributed by atoms with Crippen LogP contribution in [0.3, 0.4) is 0 Å². The van der Waals surface area contributed by atoms with Gasteiger partial charge in [-0.15, -0.1) is 0 Å². The van der Waals surface area contributed by atoms with Crippen LogP contribution in [0.4, 0.5) is 10.2 Å². The van der Waals surface area contributed by atoms with E-state index in [-0.39, 0.29) is 5.82 Å². The van der Waals surface area contributed by atoms with E-state index in [0.717, 1.165) is 19.5 Å². The molecule has 0 atom stereocenters. The van der Waals surface area contributed by atoms with Crippen molar-refractivity contribution in [2.45, 2.75) is 13.3 Å². The van der Waals surface area contributed by atoms with E-state index in [1.54, 1.807) is 0 Å². The predicted molar refractivity (Wildman–Crippen MR) is 59.8 cm³/mol. The second kappa shape index (κ2) is 4.19. The van der Waals surface area contributed by atoms with Gasteiger partial charge in [0.2, 0.25) is 0 Å². The predicted octanol–water partition coefficient (Wildman–Crippen LogP) is 3.03. The van der Waals surface area contributed by atoms with Gasteiger partial charge >= 0.3 is 0 Å². The summed E-state index contributed by atoms with van der Waals surface area (Å²) in [6, 6.07) is 1.30. The number of anilines is 1. The smallest absolute Gasteiger partial charge is 0.167 e. The molecule has 2 heterocycles. The van der Waals surface area contributed by atoms with Gasteiger partial charge in [0.05, 0.1) is 5.02 Å². The van der Waals surface area contributed by atoms with Crippen LogP contribution >= 0.6 is 11.6 Å². The van der Waals surface area contributed by atoms with E-state index < -0.39 is 0 Å². The summed E-state index contributed by atoms with van der Waals surface area (Å²) in [6.45, 7) is 3.62. The fourth-order valence-electron chi connectivity index (χ4n) is 1.60. The van der Waals surface area contributed by atoms with E-state index in [2.05, 4.69) is 18.0 Å². The van der Waals surface area contributed by atoms with E-state index in [9.17, 15) is 4.39 Å². The minimum absolute atomic E-state index is 0.333. The molecule has 0 fully saturated rings. The Morgan fingerprint density at radius 1 is 1.53 bits per heavy atom. The van der Waals surface area contributed by atoms with Crippen molar-refractivity contribution in [2.24, 2.45) is 0 Å². The summed E-state index contributed by atoms with van der Waals surface area (Å²) in [5.41, 5.74) is 1.35. The molecule has 0 bridgehead atoms. The third kappa shape index (κ3) is 2.29. The van der Waals surface area contributed by atoms with Crippen LogP contribution in [-0.2, 0) is 0 Å². The molecular formula is C11H12ClFN2. The van der Waals surface area contributed by atoms with Crippen molar-refractivity contribution >= 4 is 17.4 Å². The van der Waals surface area contributed by atoms with Gasteiger partial charge in [0.1, 0.15) is 0 Å². The van der Waals surface area contributed by atoms with Crippen LogP contribution < -0.4 is 4.90 Å². The fraction of sp³-hybridized carbons (Fsp3) is 0.364. The van der Waals surface area contributed by atoms with Crippen LogP contribution in [0, 0.1) is 5.82 Å². The maximum atomic E-state index is 13.5. The van der Waals surface area contributed by atoms with Crippen molar-refractivity contribution in [3.8, 4) is 0 Å². The van der Waals surface area contributed by atoms with E-state index in [0.29, 0.717) is 10.8 Å². The van der Waals surface area contributed by atoms with E-state index in [1.807, 2.05) is 4.90 Å². The summed E-state index contributed by atoms with van der Waals surface area (Å²) in [7, 11) is 0. The molecule has 2 nitrogen and oxygen atoms in total. The van der Waals surface area contributed by atoms with Gasteiger partial charge < -0.3 is 4.90 Å². The van der Waals surface area contributed by atoms with Gasteiger partial charge in [-0.05, 0) is 19.4 Å². The second-order valence-electron chi connectivity index (χ2n) is 3.71. The lowest BCUT2D eigenvalue weighted by atomic mass is 10.1. The number of pyridine rings is 1. The highest BCUT2D eigenvalue weighted by Crippen LogP contribution is 2.22. The van der Waals surface area contributed by atoms with Crippen LogP contribution in [0.25, 0.3) is 0 Å². The average Bonchev–Trinajstić information content (AvgIpc) is 2.20. The Kier molecular flexibility index (Phi) is 2.91. The molecule has 0 N–H and O–H groups in total. The summed E-state index contributed by atoms with van der Waals surface area (Å²) < 4.78 is 13.5. The Hall–Kier alpha value is -1.09. The topological polar surface area (TPSA) is 16.1 Å². The van der Waals surface area contributed by atoms with Crippen LogP contribution in [0.15, 0.2) is 23.9 Å². The zero-order valence-electron chi connectivity index (χ0n) is 8.50. The van der Waals surface area contributed by atoms with Gasteiger partial charge in [-0.3, -0.25) is 0 Å². The van der Waals surface area contributed by atoms with Crippen LogP contribution in [-0.4, -0.2) is 18.1 Å². The highest BCUT2D eigenvalue weighted by atomic mass is 35.5. The number of aromatic nitrogens is 1. The summed E-state index contributed by atoms with van der Waals surface area (Å²) in [6.07, 6.45) is 4.54. The molecule has 0 amide bonds. The Bertz CT molecular complexity index is 404. The minimum atomic E-state index is -0.351. The summed E-state index contributed by atoms with van der Waals surface area (Å²) >= 11 is 5.65. The molecule has 15 heavy (non-hydrogen) atoms. The molecule has 1 aliphatic heterocycles. The summed E-state index contributed by atoms with van der Waals surface area (Å²) in [5, 5.41) is 0.333. The summed E-state index contributed by atoms with van der Waals surface area (Å²) in [4.78, 5) is 5.93. The van der Waals surface area contributed by atoms with Crippen molar-refractivity contribution in [3.05, 3.63) is 34.8 Å². The third-order valence-corrected chi connectivity index (χ3v) is 2.73. The van der Waals surface area contributed by atoms with E-state index in [4.69, 9.17) is 11.6 Å². The monoisotopic (exact) mass is 226 g/mol. The molecule has 0 spiro atoms. The quantitative estimate of drug-likeness (QED) is 0.685. The first-order valence-electron chi connectivity index (χ1n) is 4.88. The van der Waals surface area contributed by atoms with Crippen LogP contribution in [0.5, 0.6) is 0 Å². The maximum absolute atomic E-state index is 13.5. The highest BCUT2D eigenvalue weighted by Gasteiger charge is 2.15. The lowest BCUT2D eigenvalue weighted by molar-refractivity contribution is 0.609. The number of hydrogen-bond donors (Lipinski definition) is 0. The number of nitrogens with zero attached hydrogens (tertiary/aromatic N) is 2. The lowest BCUT2D eigenvalue weighted by Crippen LogP contribution is -2.29. The molecule has 0 aromatic carbocycles.